The molecule has 1 aliphatic rings. The number of ether oxygens (including phenoxy) is 1. The second-order valence-electron chi connectivity index (χ2n) is 3.85. The van der Waals surface area contributed by atoms with Crippen molar-refractivity contribution in [3.05, 3.63) is 30.1 Å². The lowest BCUT2D eigenvalue weighted by molar-refractivity contribution is -0.140. The van der Waals surface area contributed by atoms with E-state index in [0.717, 1.165) is 17.7 Å². The van der Waals surface area contributed by atoms with Gasteiger partial charge in [-0.15, -0.1) is 11.8 Å². The van der Waals surface area contributed by atoms with E-state index < -0.39 is 0 Å². The molecule has 1 saturated carbocycles. The predicted octanol–water partition coefficient (Wildman–Crippen LogP) is 2.87. The minimum atomic E-state index is -0.259. The van der Waals surface area contributed by atoms with Crippen molar-refractivity contribution in [2.75, 3.05) is 7.11 Å². The van der Waals surface area contributed by atoms with E-state index in [9.17, 15) is 9.18 Å². The first-order valence-electron chi connectivity index (χ1n) is 5.21. The van der Waals surface area contributed by atoms with Crippen molar-refractivity contribution in [1.29, 1.82) is 0 Å². The van der Waals surface area contributed by atoms with Crippen LogP contribution in [-0.2, 0) is 9.53 Å². The number of hydrogen-bond donors (Lipinski definition) is 0. The molecule has 0 bridgehead atoms. The summed E-state index contributed by atoms with van der Waals surface area (Å²) in [4.78, 5) is 12.5. The summed E-state index contributed by atoms with van der Waals surface area (Å²) in [5.74, 6) is -0.0234. The average molecular weight is 240 g/mol. The van der Waals surface area contributed by atoms with Gasteiger partial charge in [0.2, 0.25) is 0 Å². The smallest absolute Gasteiger partial charge is 0.319 e. The number of esters is 1. The van der Waals surface area contributed by atoms with Crippen LogP contribution in [0.3, 0.4) is 0 Å². The van der Waals surface area contributed by atoms with E-state index in [0.29, 0.717) is 5.92 Å². The topological polar surface area (TPSA) is 26.3 Å². The number of rotatable bonds is 4. The number of carbonyl (C=O) groups excluding carboxylic acids is 1. The van der Waals surface area contributed by atoms with Gasteiger partial charge >= 0.3 is 5.97 Å². The molecule has 0 spiro atoms. The Kier molecular flexibility index (Phi) is 3.49. The van der Waals surface area contributed by atoms with E-state index >= 15 is 0 Å². The van der Waals surface area contributed by atoms with Gasteiger partial charge in [0.15, 0.2) is 0 Å². The molecule has 1 aliphatic carbocycles. The molecule has 0 aromatic heterocycles. The summed E-state index contributed by atoms with van der Waals surface area (Å²) < 4.78 is 17.5. The summed E-state index contributed by atoms with van der Waals surface area (Å²) in [6.07, 6.45) is 2.15. The van der Waals surface area contributed by atoms with E-state index in [2.05, 4.69) is 0 Å². The Morgan fingerprint density at radius 3 is 2.56 bits per heavy atom. The zero-order valence-corrected chi connectivity index (χ0v) is 9.80. The van der Waals surface area contributed by atoms with Gasteiger partial charge < -0.3 is 4.74 Å². The summed E-state index contributed by atoms with van der Waals surface area (Å²) in [5.41, 5.74) is 0. The molecule has 4 heteroatoms. The van der Waals surface area contributed by atoms with Crippen molar-refractivity contribution in [3.63, 3.8) is 0 Å². The van der Waals surface area contributed by atoms with E-state index in [-0.39, 0.29) is 17.0 Å². The number of carbonyl (C=O) groups is 1. The van der Waals surface area contributed by atoms with Gasteiger partial charge in [0.1, 0.15) is 11.1 Å². The molecule has 0 aliphatic heterocycles. The second-order valence-corrected chi connectivity index (χ2v) is 5.07. The van der Waals surface area contributed by atoms with Gasteiger partial charge in [-0.3, -0.25) is 4.79 Å². The Morgan fingerprint density at radius 2 is 2.06 bits per heavy atom. The Bertz CT molecular complexity index is 373. The lowest BCUT2D eigenvalue weighted by Gasteiger charge is -2.12. The Balaban J connectivity index is 2.05. The zero-order valence-electron chi connectivity index (χ0n) is 8.98. The molecule has 0 heterocycles. The average Bonchev–Trinajstić information content (AvgIpc) is 3.11. The lowest BCUT2D eigenvalue weighted by atomic mass is 10.3. The van der Waals surface area contributed by atoms with E-state index in [4.69, 9.17) is 4.74 Å². The molecule has 0 amide bonds. The third kappa shape index (κ3) is 2.76. The van der Waals surface area contributed by atoms with E-state index in [1.165, 1.54) is 31.0 Å². The highest BCUT2D eigenvalue weighted by Gasteiger charge is 2.37. The normalized spacial score (nSPS) is 16.9. The fraction of sp³-hybridized carbons (Fsp3) is 0.417. The predicted molar refractivity (Wildman–Crippen MR) is 60.8 cm³/mol. The third-order valence-corrected chi connectivity index (χ3v) is 3.94. The first kappa shape index (κ1) is 11.5. The largest absolute Gasteiger partial charge is 0.468 e. The molecule has 1 fully saturated rings. The molecule has 86 valence electrons. The van der Waals surface area contributed by atoms with Crippen LogP contribution in [-0.4, -0.2) is 18.3 Å². The molecule has 2 rings (SSSR count). The third-order valence-electron chi connectivity index (χ3n) is 2.56. The van der Waals surface area contributed by atoms with Gasteiger partial charge in [0, 0.05) is 4.90 Å². The lowest BCUT2D eigenvalue weighted by Crippen LogP contribution is -2.20. The van der Waals surface area contributed by atoms with Crippen molar-refractivity contribution in [2.24, 2.45) is 5.92 Å². The van der Waals surface area contributed by atoms with Crippen LogP contribution in [0.1, 0.15) is 12.8 Å². The van der Waals surface area contributed by atoms with Crippen LogP contribution in [0.25, 0.3) is 0 Å². The summed E-state index contributed by atoms with van der Waals surface area (Å²) in [7, 11) is 1.41. The maximum absolute atomic E-state index is 12.7. The van der Waals surface area contributed by atoms with Gasteiger partial charge in [-0.2, -0.15) is 0 Å². The second kappa shape index (κ2) is 4.87. The van der Waals surface area contributed by atoms with E-state index in [1.54, 1.807) is 12.1 Å². The monoisotopic (exact) mass is 240 g/mol. The molecule has 1 aromatic carbocycles. The first-order chi connectivity index (χ1) is 7.70. The highest BCUT2D eigenvalue weighted by atomic mass is 32.2. The summed E-state index contributed by atoms with van der Waals surface area (Å²) in [6.45, 7) is 0. The molecule has 1 atom stereocenters. The fourth-order valence-electron chi connectivity index (χ4n) is 1.51. The number of halogens is 1. The highest BCUT2D eigenvalue weighted by molar-refractivity contribution is 8.00. The number of benzene rings is 1. The minimum Gasteiger partial charge on any atom is -0.468 e. The summed E-state index contributed by atoms with van der Waals surface area (Å²) in [6, 6.07) is 6.20. The maximum atomic E-state index is 12.7. The van der Waals surface area contributed by atoms with Crippen LogP contribution in [0, 0.1) is 11.7 Å². The van der Waals surface area contributed by atoms with Crippen molar-refractivity contribution in [1.82, 2.24) is 0 Å². The molecule has 1 aromatic rings. The molecular weight excluding hydrogens is 227 g/mol. The molecule has 0 radical (unpaired) electrons. The van der Waals surface area contributed by atoms with Crippen molar-refractivity contribution in [2.45, 2.75) is 23.0 Å². The van der Waals surface area contributed by atoms with Crippen LogP contribution in [0.15, 0.2) is 29.2 Å². The van der Waals surface area contributed by atoms with Crippen LogP contribution >= 0.6 is 11.8 Å². The number of hydrogen-bond acceptors (Lipinski definition) is 3. The highest BCUT2D eigenvalue weighted by Crippen LogP contribution is 2.42. The van der Waals surface area contributed by atoms with Crippen molar-refractivity contribution < 1.29 is 13.9 Å². The number of methoxy groups -OCH3 is 1. The van der Waals surface area contributed by atoms with Gasteiger partial charge in [-0.1, -0.05) is 0 Å². The standard InChI is InChI=1S/C12H13FO2S/c1-15-12(14)11(8-2-3-8)16-10-6-4-9(13)5-7-10/h4-8,11H,2-3H2,1H3. The van der Waals surface area contributed by atoms with Crippen LogP contribution in [0.5, 0.6) is 0 Å². The summed E-state index contributed by atoms with van der Waals surface area (Å²) in [5, 5.41) is -0.143. The number of thioether (sulfide) groups is 1. The molecule has 0 N–H and O–H groups in total. The van der Waals surface area contributed by atoms with Crippen LogP contribution in [0.4, 0.5) is 4.39 Å². The van der Waals surface area contributed by atoms with Gasteiger partial charge in [-0.25, -0.2) is 4.39 Å². The van der Waals surface area contributed by atoms with Crippen LogP contribution < -0.4 is 0 Å². The first-order valence-corrected chi connectivity index (χ1v) is 6.08. The molecule has 16 heavy (non-hydrogen) atoms. The summed E-state index contributed by atoms with van der Waals surface area (Å²) >= 11 is 1.46. The van der Waals surface area contributed by atoms with Crippen molar-refractivity contribution >= 4 is 17.7 Å². The SMILES string of the molecule is COC(=O)C(Sc1ccc(F)cc1)C1CC1. The molecule has 0 saturated heterocycles. The fourth-order valence-corrected chi connectivity index (χ4v) is 2.76. The quantitative estimate of drug-likeness (QED) is 0.598. The molecule has 1 unspecified atom stereocenters. The Morgan fingerprint density at radius 1 is 1.44 bits per heavy atom. The minimum absolute atomic E-state index is 0.143. The van der Waals surface area contributed by atoms with E-state index in [1.807, 2.05) is 0 Å². The maximum Gasteiger partial charge on any atom is 0.319 e. The van der Waals surface area contributed by atoms with Crippen LogP contribution in [0.2, 0.25) is 0 Å². The van der Waals surface area contributed by atoms with Gasteiger partial charge in [-0.05, 0) is 43.0 Å². The Labute approximate surface area is 98.2 Å². The van der Waals surface area contributed by atoms with Gasteiger partial charge in [0.05, 0.1) is 7.11 Å². The molecule has 2 nitrogen and oxygen atoms in total. The molecular formula is C12H13FO2S. The van der Waals surface area contributed by atoms with Gasteiger partial charge in [0.25, 0.3) is 0 Å². The zero-order chi connectivity index (χ0) is 11.5. The van der Waals surface area contributed by atoms with Crippen molar-refractivity contribution in [3.8, 4) is 0 Å². The Hall–Kier alpha value is -1.03.